The Morgan fingerprint density at radius 1 is 1.05 bits per heavy atom. The van der Waals surface area contributed by atoms with Gasteiger partial charge in [0.2, 0.25) is 0 Å². The lowest BCUT2D eigenvalue weighted by atomic mass is 9.99. The van der Waals surface area contributed by atoms with Crippen molar-refractivity contribution in [2.24, 2.45) is 5.92 Å². The fourth-order valence-corrected chi connectivity index (χ4v) is 2.42. The van der Waals surface area contributed by atoms with E-state index in [0.29, 0.717) is 18.0 Å². The third kappa shape index (κ3) is 6.22. The molecule has 0 bridgehead atoms. The van der Waals surface area contributed by atoms with Crippen LogP contribution in [0.2, 0.25) is 0 Å². The first-order valence-electron chi connectivity index (χ1n) is 7.48. The van der Waals surface area contributed by atoms with Crippen LogP contribution in [-0.4, -0.2) is 17.8 Å². The number of rotatable bonds is 8. The van der Waals surface area contributed by atoms with Crippen LogP contribution in [0.3, 0.4) is 0 Å². The maximum Gasteiger partial charge on any atom is 0.0431 e. The molecule has 2 atom stereocenters. The van der Waals surface area contributed by atoms with Crippen LogP contribution in [0.15, 0.2) is 24.3 Å². The van der Waals surface area contributed by atoms with Crippen molar-refractivity contribution in [3.63, 3.8) is 0 Å². The Balaban J connectivity index is 2.50. The first kappa shape index (κ1) is 16.2. The van der Waals surface area contributed by atoms with E-state index in [0.717, 1.165) is 19.3 Å². The molecule has 0 amide bonds. The molecule has 0 fully saturated rings. The smallest absolute Gasteiger partial charge is 0.0431 e. The lowest BCUT2D eigenvalue weighted by Gasteiger charge is -2.20. The van der Waals surface area contributed by atoms with Crippen molar-refractivity contribution in [3.8, 4) is 0 Å². The zero-order valence-corrected chi connectivity index (χ0v) is 12.8. The summed E-state index contributed by atoms with van der Waals surface area (Å²) in [5, 5.41) is 12.4. The van der Waals surface area contributed by atoms with Gasteiger partial charge in [-0.15, -0.1) is 0 Å². The van der Waals surface area contributed by atoms with Crippen LogP contribution < -0.4 is 5.32 Å². The minimum Gasteiger partial charge on any atom is -0.396 e. The molecule has 2 N–H and O–H groups in total. The lowest BCUT2D eigenvalue weighted by Crippen LogP contribution is -2.29. The molecule has 0 aromatic heterocycles. The fraction of sp³-hybridized carbons (Fsp3) is 0.647. The Morgan fingerprint density at radius 2 is 1.68 bits per heavy atom. The highest BCUT2D eigenvalue weighted by Crippen LogP contribution is 2.16. The van der Waals surface area contributed by atoms with Crippen LogP contribution in [0, 0.1) is 5.92 Å². The summed E-state index contributed by atoms with van der Waals surface area (Å²) in [4.78, 5) is 0. The number of aliphatic hydroxyl groups excluding tert-OH is 1. The van der Waals surface area contributed by atoms with Crippen LogP contribution in [0.4, 0.5) is 0 Å². The van der Waals surface area contributed by atoms with E-state index >= 15 is 0 Å². The maximum atomic E-state index is 8.84. The van der Waals surface area contributed by atoms with Gasteiger partial charge in [-0.3, -0.25) is 0 Å². The Hall–Kier alpha value is -0.860. The van der Waals surface area contributed by atoms with Gasteiger partial charge < -0.3 is 10.4 Å². The van der Waals surface area contributed by atoms with E-state index in [9.17, 15) is 0 Å². The number of hydrogen-bond acceptors (Lipinski definition) is 2. The summed E-state index contributed by atoms with van der Waals surface area (Å²) in [6.45, 7) is 9.17. The molecule has 1 aromatic rings. The summed E-state index contributed by atoms with van der Waals surface area (Å²) in [5.41, 5.74) is 2.75. The van der Waals surface area contributed by atoms with Gasteiger partial charge in [0.05, 0.1) is 0 Å². The summed E-state index contributed by atoms with van der Waals surface area (Å²) < 4.78 is 0. The monoisotopic (exact) mass is 263 g/mol. The topological polar surface area (TPSA) is 32.3 Å². The minimum absolute atomic E-state index is 0.282. The molecule has 0 aliphatic rings. The van der Waals surface area contributed by atoms with Crippen molar-refractivity contribution >= 4 is 0 Å². The molecule has 0 saturated heterocycles. The van der Waals surface area contributed by atoms with Gasteiger partial charge >= 0.3 is 0 Å². The van der Waals surface area contributed by atoms with Gasteiger partial charge in [0.1, 0.15) is 0 Å². The van der Waals surface area contributed by atoms with Gasteiger partial charge in [-0.2, -0.15) is 0 Å². The summed E-state index contributed by atoms with van der Waals surface area (Å²) in [5.74, 6) is 0.708. The Labute approximate surface area is 118 Å². The van der Waals surface area contributed by atoms with Crippen LogP contribution >= 0.6 is 0 Å². The quantitative estimate of drug-likeness (QED) is 0.749. The molecule has 19 heavy (non-hydrogen) atoms. The van der Waals surface area contributed by atoms with E-state index in [1.54, 1.807) is 0 Å². The van der Waals surface area contributed by atoms with Crippen molar-refractivity contribution in [1.82, 2.24) is 5.32 Å². The first-order valence-corrected chi connectivity index (χ1v) is 7.48. The normalized spacial score (nSPS) is 14.6. The molecule has 0 aliphatic heterocycles. The maximum absolute atomic E-state index is 8.84. The molecule has 0 radical (unpaired) electrons. The second kappa shape index (κ2) is 8.34. The number of benzene rings is 1. The standard InChI is InChI=1S/C17H29NO/c1-13(2)12-16-7-9-17(10-8-16)15(4)18-14(3)6-5-11-19/h7-10,13-15,18-19H,5-6,11-12H2,1-4H3. The lowest BCUT2D eigenvalue weighted by molar-refractivity contribution is 0.274. The van der Waals surface area contributed by atoms with E-state index in [2.05, 4.69) is 57.3 Å². The minimum atomic E-state index is 0.282. The van der Waals surface area contributed by atoms with Gasteiger partial charge in [0, 0.05) is 18.7 Å². The predicted octanol–water partition coefficient (Wildman–Crippen LogP) is 3.70. The average molecular weight is 263 g/mol. The van der Waals surface area contributed by atoms with Gasteiger partial charge in [-0.25, -0.2) is 0 Å². The summed E-state index contributed by atoms with van der Waals surface area (Å²) in [6, 6.07) is 9.75. The average Bonchev–Trinajstić information content (AvgIpc) is 2.36. The van der Waals surface area contributed by atoms with Crippen LogP contribution in [0.25, 0.3) is 0 Å². The molecule has 0 aliphatic carbocycles. The molecule has 2 unspecified atom stereocenters. The molecule has 2 nitrogen and oxygen atoms in total. The molecule has 108 valence electrons. The van der Waals surface area contributed by atoms with E-state index in [-0.39, 0.29) is 6.61 Å². The molecule has 0 saturated carbocycles. The van der Waals surface area contributed by atoms with Crippen LogP contribution in [0.1, 0.15) is 57.7 Å². The molecule has 1 aromatic carbocycles. The Kier molecular flexibility index (Phi) is 7.11. The predicted molar refractivity (Wildman–Crippen MR) is 82.3 cm³/mol. The molecule has 1 rings (SSSR count). The Bertz CT molecular complexity index is 345. The van der Waals surface area contributed by atoms with E-state index in [1.807, 2.05) is 0 Å². The number of hydrogen-bond donors (Lipinski definition) is 2. The first-order chi connectivity index (χ1) is 9.02. The third-order valence-electron chi connectivity index (χ3n) is 3.45. The highest BCUT2D eigenvalue weighted by Gasteiger charge is 2.09. The van der Waals surface area contributed by atoms with Crippen molar-refractivity contribution < 1.29 is 5.11 Å². The van der Waals surface area contributed by atoms with E-state index in [4.69, 9.17) is 5.11 Å². The largest absolute Gasteiger partial charge is 0.396 e. The van der Waals surface area contributed by atoms with Gasteiger partial charge in [0.15, 0.2) is 0 Å². The second-order valence-corrected chi connectivity index (χ2v) is 5.99. The highest BCUT2D eigenvalue weighted by atomic mass is 16.2. The summed E-state index contributed by atoms with van der Waals surface area (Å²) in [7, 11) is 0. The van der Waals surface area contributed by atoms with Gasteiger partial charge in [0.25, 0.3) is 0 Å². The van der Waals surface area contributed by atoms with Crippen LogP contribution in [0.5, 0.6) is 0 Å². The Morgan fingerprint density at radius 3 is 2.21 bits per heavy atom. The zero-order chi connectivity index (χ0) is 14.3. The molecule has 0 spiro atoms. The van der Waals surface area contributed by atoms with E-state index in [1.165, 1.54) is 11.1 Å². The summed E-state index contributed by atoms with van der Waals surface area (Å²) >= 11 is 0. The number of nitrogens with one attached hydrogen (secondary N) is 1. The zero-order valence-electron chi connectivity index (χ0n) is 12.8. The van der Waals surface area contributed by atoms with Crippen molar-refractivity contribution in [3.05, 3.63) is 35.4 Å². The van der Waals surface area contributed by atoms with Gasteiger partial charge in [-0.1, -0.05) is 38.1 Å². The van der Waals surface area contributed by atoms with Crippen molar-refractivity contribution in [2.75, 3.05) is 6.61 Å². The second-order valence-electron chi connectivity index (χ2n) is 5.99. The van der Waals surface area contributed by atoms with Crippen molar-refractivity contribution in [2.45, 2.75) is 59.0 Å². The third-order valence-corrected chi connectivity index (χ3v) is 3.45. The SMILES string of the molecule is CC(C)Cc1ccc(C(C)NC(C)CCCO)cc1. The molecular formula is C17H29NO. The van der Waals surface area contributed by atoms with Gasteiger partial charge in [-0.05, 0) is 50.2 Å². The van der Waals surface area contributed by atoms with E-state index < -0.39 is 0 Å². The van der Waals surface area contributed by atoms with Crippen LogP contribution in [-0.2, 0) is 6.42 Å². The van der Waals surface area contributed by atoms with Crippen molar-refractivity contribution in [1.29, 1.82) is 0 Å². The fourth-order valence-electron chi connectivity index (χ4n) is 2.42. The summed E-state index contributed by atoms with van der Waals surface area (Å²) in [6.07, 6.45) is 3.04. The molecular weight excluding hydrogens is 234 g/mol. The number of aliphatic hydroxyl groups is 1. The highest BCUT2D eigenvalue weighted by molar-refractivity contribution is 5.25. The molecule has 0 heterocycles. The molecule has 2 heteroatoms.